The van der Waals surface area contributed by atoms with E-state index in [1.54, 1.807) is 0 Å². The van der Waals surface area contributed by atoms with Crippen LogP contribution < -0.4 is 5.32 Å². The number of hydrogen-bond acceptors (Lipinski definition) is 2. The third-order valence-electron chi connectivity index (χ3n) is 2.26. The summed E-state index contributed by atoms with van der Waals surface area (Å²) in [6.07, 6.45) is 0. The molecule has 0 saturated carbocycles. The monoisotopic (exact) mass is 235 g/mol. The van der Waals surface area contributed by atoms with Gasteiger partial charge in [0.1, 0.15) is 11.6 Å². The summed E-state index contributed by atoms with van der Waals surface area (Å²) < 4.78 is 31.1. The number of rotatable bonds is 1. The zero-order valence-electron chi connectivity index (χ0n) is 8.00. The van der Waals surface area contributed by atoms with Crippen LogP contribution in [0.15, 0.2) is 18.2 Å². The molecule has 5 heteroatoms. The summed E-state index contributed by atoms with van der Waals surface area (Å²) in [6.45, 7) is 1.77. The second-order valence-corrected chi connectivity index (χ2v) is 3.25. The van der Waals surface area contributed by atoms with Crippen LogP contribution in [0.1, 0.15) is 11.6 Å². The van der Waals surface area contributed by atoms with Crippen molar-refractivity contribution in [1.29, 1.82) is 0 Å². The molecule has 1 aromatic rings. The van der Waals surface area contributed by atoms with Crippen molar-refractivity contribution in [1.82, 2.24) is 5.32 Å². The van der Waals surface area contributed by atoms with Gasteiger partial charge in [-0.05, 0) is 6.07 Å². The van der Waals surface area contributed by atoms with E-state index in [2.05, 4.69) is 5.32 Å². The highest BCUT2D eigenvalue weighted by Crippen LogP contribution is 2.19. The summed E-state index contributed by atoms with van der Waals surface area (Å²) in [5, 5.41) is 3.11. The second-order valence-electron chi connectivity index (χ2n) is 3.25. The fourth-order valence-corrected chi connectivity index (χ4v) is 1.55. The van der Waals surface area contributed by atoms with Gasteiger partial charge in [0, 0.05) is 18.2 Å². The second kappa shape index (κ2) is 5.39. The molecule has 0 amide bonds. The van der Waals surface area contributed by atoms with Gasteiger partial charge in [-0.2, -0.15) is 0 Å². The average molecular weight is 236 g/mol. The zero-order chi connectivity index (χ0) is 9.97. The van der Waals surface area contributed by atoms with Gasteiger partial charge in [-0.25, -0.2) is 8.78 Å². The minimum Gasteiger partial charge on any atom is -0.378 e. The molecule has 1 heterocycles. The molecular formula is C10H12ClF2NO. The van der Waals surface area contributed by atoms with Crippen LogP contribution in [0, 0.1) is 11.6 Å². The molecule has 2 nitrogen and oxygen atoms in total. The van der Waals surface area contributed by atoms with Crippen molar-refractivity contribution in [2.24, 2.45) is 0 Å². The van der Waals surface area contributed by atoms with E-state index < -0.39 is 11.6 Å². The van der Waals surface area contributed by atoms with E-state index in [4.69, 9.17) is 4.74 Å². The molecule has 15 heavy (non-hydrogen) atoms. The van der Waals surface area contributed by atoms with Crippen molar-refractivity contribution in [2.75, 3.05) is 19.8 Å². The fourth-order valence-electron chi connectivity index (χ4n) is 1.55. The topological polar surface area (TPSA) is 21.3 Å². The molecule has 0 aliphatic carbocycles. The number of ether oxygens (including phenoxy) is 1. The SMILES string of the molecule is Cl.Fc1ccc([C@@H]2COCCN2)c(F)c1. The molecule has 0 unspecified atom stereocenters. The lowest BCUT2D eigenvalue weighted by molar-refractivity contribution is 0.0757. The summed E-state index contributed by atoms with van der Waals surface area (Å²) in [5.74, 6) is -1.07. The lowest BCUT2D eigenvalue weighted by Gasteiger charge is -2.24. The maximum atomic E-state index is 13.3. The van der Waals surface area contributed by atoms with Crippen molar-refractivity contribution in [3.8, 4) is 0 Å². The number of halogens is 3. The minimum atomic E-state index is -0.553. The Labute approximate surface area is 93.0 Å². The Morgan fingerprint density at radius 3 is 2.73 bits per heavy atom. The first-order valence-electron chi connectivity index (χ1n) is 4.53. The van der Waals surface area contributed by atoms with Gasteiger partial charge in [0.25, 0.3) is 0 Å². The van der Waals surface area contributed by atoms with Crippen LogP contribution in [-0.2, 0) is 4.74 Å². The Kier molecular flexibility index (Phi) is 4.45. The summed E-state index contributed by atoms with van der Waals surface area (Å²) in [4.78, 5) is 0. The van der Waals surface area contributed by atoms with Gasteiger partial charge in [-0.15, -0.1) is 12.4 Å². The lowest BCUT2D eigenvalue weighted by Crippen LogP contribution is -2.35. The molecule has 84 valence electrons. The fraction of sp³-hybridized carbons (Fsp3) is 0.400. The Balaban J connectivity index is 0.00000112. The Morgan fingerprint density at radius 1 is 1.33 bits per heavy atom. The maximum Gasteiger partial charge on any atom is 0.130 e. The van der Waals surface area contributed by atoms with Gasteiger partial charge >= 0.3 is 0 Å². The van der Waals surface area contributed by atoms with E-state index in [0.29, 0.717) is 25.3 Å². The first kappa shape index (κ1) is 12.4. The van der Waals surface area contributed by atoms with E-state index >= 15 is 0 Å². The van der Waals surface area contributed by atoms with Gasteiger partial charge in [-0.1, -0.05) is 6.07 Å². The van der Waals surface area contributed by atoms with Crippen LogP contribution in [0.3, 0.4) is 0 Å². The van der Waals surface area contributed by atoms with Gasteiger partial charge in [0.2, 0.25) is 0 Å². The molecule has 1 atom stereocenters. The van der Waals surface area contributed by atoms with Crippen molar-refractivity contribution in [3.63, 3.8) is 0 Å². The lowest BCUT2D eigenvalue weighted by atomic mass is 10.1. The highest BCUT2D eigenvalue weighted by atomic mass is 35.5. The van der Waals surface area contributed by atoms with E-state index in [1.807, 2.05) is 0 Å². The molecule has 1 aliphatic heterocycles. The van der Waals surface area contributed by atoms with Crippen molar-refractivity contribution in [2.45, 2.75) is 6.04 Å². The standard InChI is InChI=1S/C10H11F2NO.ClH/c11-7-1-2-8(9(12)5-7)10-6-14-4-3-13-10;/h1-2,5,10,13H,3-4,6H2;1H/t10-;/m0./s1. The van der Waals surface area contributed by atoms with Gasteiger partial charge in [0.15, 0.2) is 0 Å². The minimum absolute atomic E-state index is 0. The number of hydrogen-bond donors (Lipinski definition) is 1. The third kappa shape index (κ3) is 2.87. The van der Waals surface area contributed by atoms with E-state index in [9.17, 15) is 8.78 Å². The zero-order valence-corrected chi connectivity index (χ0v) is 8.82. The molecule has 1 aliphatic rings. The first-order valence-corrected chi connectivity index (χ1v) is 4.53. The quantitative estimate of drug-likeness (QED) is 0.805. The van der Waals surface area contributed by atoms with Crippen LogP contribution in [0.5, 0.6) is 0 Å². The van der Waals surface area contributed by atoms with Crippen LogP contribution in [0.4, 0.5) is 8.78 Å². The predicted octanol–water partition coefficient (Wildman–Crippen LogP) is 2.05. The summed E-state index contributed by atoms with van der Waals surface area (Å²) in [5.41, 5.74) is 0.464. The molecule has 1 N–H and O–H groups in total. The van der Waals surface area contributed by atoms with Crippen LogP contribution in [-0.4, -0.2) is 19.8 Å². The molecule has 1 fully saturated rings. The van der Waals surface area contributed by atoms with Crippen molar-refractivity contribution in [3.05, 3.63) is 35.4 Å². The molecule has 0 radical (unpaired) electrons. The Morgan fingerprint density at radius 2 is 2.13 bits per heavy atom. The highest BCUT2D eigenvalue weighted by Gasteiger charge is 2.18. The van der Waals surface area contributed by atoms with Crippen molar-refractivity contribution >= 4 is 12.4 Å². The summed E-state index contributed by atoms with van der Waals surface area (Å²) in [6, 6.07) is 3.45. The van der Waals surface area contributed by atoms with E-state index in [1.165, 1.54) is 12.1 Å². The molecule has 0 bridgehead atoms. The number of benzene rings is 1. The predicted molar refractivity (Wildman–Crippen MR) is 55.2 cm³/mol. The Bertz CT molecular complexity index is 329. The first-order chi connectivity index (χ1) is 6.77. The molecular weight excluding hydrogens is 224 g/mol. The molecule has 2 rings (SSSR count). The normalized spacial score (nSPS) is 20.8. The van der Waals surface area contributed by atoms with Crippen molar-refractivity contribution < 1.29 is 13.5 Å². The van der Waals surface area contributed by atoms with Crippen LogP contribution in [0.2, 0.25) is 0 Å². The number of nitrogens with one attached hydrogen (secondary N) is 1. The van der Waals surface area contributed by atoms with Crippen LogP contribution >= 0.6 is 12.4 Å². The molecule has 0 spiro atoms. The summed E-state index contributed by atoms with van der Waals surface area (Å²) >= 11 is 0. The van der Waals surface area contributed by atoms with Gasteiger partial charge in [0.05, 0.1) is 19.3 Å². The summed E-state index contributed by atoms with van der Waals surface area (Å²) in [7, 11) is 0. The Hall–Kier alpha value is -0.710. The van der Waals surface area contributed by atoms with E-state index in [0.717, 1.165) is 6.07 Å². The van der Waals surface area contributed by atoms with Gasteiger partial charge in [-0.3, -0.25) is 0 Å². The smallest absolute Gasteiger partial charge is 0.130 e. The maximum absolute atomic E-state index is 13.3. The highest BCUT2D eigenvalue weighted by molar-refractivity contribution is 5.85. The molecule has 0 aromatic heterocycles. The van der Waals surface area contributed by atoms with Gasteiger partial charge < -0.3 is 10.1 Å². The number of morpholine rings is 1. The van der Waals surface area contributed by atoms with Crippen LogP contribution in [0.25, 0.3) is 0 Å². The third-order valence-corrected chi connectivity index (χ3v) is 2.26. The molecule has 1 aromatic carbocycles. The molecule has 1 saturated heterocycles. The largest absolute Gasteiger partial charge is 0.378 e. The van der Waals surface area contributed by atoms with E-state index in [-0.39, 0.29) is 18.4 Å². The average Bonchev–Trinajstić information content (AvgIpc) is 2.19.